The van der Waals surface area contributed by atoms with E-state index in [-0.39, 0.29) is 24.5 Å². The van der Waals surface area contributed by atoms with Crippen molar-refractivity contribution in [2.75, 3.05) is 50.3 Å². The summed E-state index contributed by atoms with van der Waals surface area (Å²) in [7, 11) is 3.91. The van der Waals surface area contributed by atoms with Gasteiger partial charge in [-0.25, -0.2) is 4.68 Å². The molecular weight excluding hydrogens is 536 g/mol. The number of para-hydroxylation sites is 1. The average Bonchev–Trinajstić information content (AvgIpc) is 3.69. The number of carbonyl (C=O) groups excluding carboxylic acids is 2. The van der Waals surface area contributed by atoms with Crippen LogP contribution in [0.5, 0.6) is 11.5 Å². The Morgan fingerprint density at radius 1 is 0.976 bits per heavy atom. The number of amides is 2. The molecule has 2 aliphatic rings. The third-order valence-corrected chi connectivity index (χ3v) is 7.54. The van der Waals surface area contributed by atoms with Crippen LogP contribution in [0.2, 0.25) is 0 Å². The number of hydrogen-bond donors (Lipinski definition) is 1. The second-order valence-corrected chi connectivity index (χ2v) is 10.6. The van der Waals surface area contributed by atoms with Crippen molar-refractivity contribution in [3.63, 3.8) is 0 Å². The fraction of sp³-hybridized carbons (Fsp3) is 0.355. The number of nitrogens with zero attached hydrogens (tertiary/aromatic N) is 5. The second kappa shape index (κ2) is 12.1. The van der Waals surface area contributed by atoms with Crippen LogP contribution in [0, 0.1) is 0 Å². The van der Waals surface area contributed by atoms with Crippen molar-refractivity contribution in [3.8, 4) is 11.5 Å². The van der Waals surface area contributed by atoms with Gasteiger partial charge in [0.25, 0.3) is 0 Å². The average molecular weight is 571 g/mol. The van der Waals surface area contributed by atoms with Crippen LogP contribution in [0.15, 0.2) is 66.7 Å². The summed E-state index contributed by atoms with van der Waals surface area (Å²) in [5.74, 6) is 0.463. The van der Waals surface area contributed by atoms with Crippen molar-refractivity contribution in [2.24, 2.45) is 0 Å². The van der Waals surface area contributed by atoms with Gasteiger partial charge in [-0.2, -0.15) is 0 Å². The lowest BCUT2D eigenvalue weighted by Crippen LogP contribution is -2.46. The molecule has 1 fully saturated rings. The van der Waals surface area contributed by atoms with Crippen LogP contribution in [-0.4, -0.2) is 73.4 Å². The zero-order valence-electron chi connectivity index (χ0n) is 23.7. The van der Waals surface area contributed by atoms with Gasteiger partial charge in [-0.1, -0.05) is 29.5 Å². The van der Waals surface area contributed by atoms with Gasteiger partial charge in [-0.05, 0) is 54.8 Å². The van der Waals surface area contributed by atoms with Crippen molar-refractivity contribution in [1.29, 1.82) is 0 Å². The third-order valence-electron chi connectivity index (χ3n) is 7.54. The largest absolute Gasteiger partial charge is 0.486 e. The predicted octanol–water partition coefficient (Wildman–Crippen LogP) is 3.34. The van der Waals surface area contributed by atoms with E-state index in [9.17, 15) is 9.59 Å². The number of aromatic nitrogens is 3. The molecule has 2 aliphatic heterocycles. The normalized spacial score (nSPS) is 16.7. The van der Waals surface area contributed by atoms with Gasteiger partial charge in [-0.15, -0.1) is 5.10 Å². The first-order valence-corrected chi connectivity index (χ1v) is 14.1. The lowest BCUT2D eigenvalue weighted by Gasteiger charge is -2.33. The van der Waals surface area contributed by atoms with E-state index >= 15 is 0 Å². The molecule has 0 saturated carbocycles. The van der Waals surface area contributed by atoms with E-state index < -0.39 is 6.04 Å². The molecule has 1 N–H and O–H groups in total. The second-order valence-electron chi connectivity index (χ2n) is 10.6. The Balaban J connectivity index is 1.41. The number of fused-ring (bicyclic) bond motifs is 2. The molecule has 11 heteroatoms. The van der Waals surface area contributed by atoms with Crippen LogP contribution in [-0.2, 0) is 20.9 Å². The molecule has 0 spiro atoms. The van der Waals surface area contributed by atoms with Gasteiger partial charge in [0.15, 0.2) is 11.5 Å². The molecule has 218 valence electrons. The van der Waals surface area contributed by atoms with Crippen LogP contribution in [0.3, 0.4) is 0 Å². The van der Waals surface area contributed by atoms with Gasteiger partial charge in [0.2, 0.25) is 11.8 Å². The number of nitrogens with one attached hydrogen (secondary N) is 1. The molecule has 42 heavy (non-hydrogen) atoms. The Kier molecular flexibility index (Phi) is 7.91. The van der Waals surface area contributed by atoms with Gasteiger partial charge in [-0.3, -0.25) is 14.5 Å². The number of ether oxygens (including phenoxy) is 3. The van der Waals surface area contributed by atoms with E-state index in [1.807, 2.05) is 67.5 Å². The van der Waals surface area contributed by atoms with Crippen molar-refractivity contribution < 1.29 is 23.8 Å². The highest BCUT2D eigenvalue weighted by Gasteiger charge is 2.34. The topological polar surface area (TPSA) is 111 Å². The molecule has 0 radical (unpaired) electrons. The van der Waals surface area contributed by atoms with Crippen LogP contribution < -0.4 is 24.6 Å². The highest BCUT2D eigenvalue weighted by molar-refractivity contribution is 6.02. The first-order valence-electron chi connectivity index (χ1n) is 14.1. The van der Waals surface area contributed by atoms with Crippen LogP contribution >= 0.6 is 0 Å². The quantitative estimate of drug-likeness (QED) is 0.326. The standard InChI is InChI=1S/C31H34N6O5/c1-35(2)22-11-9-21(10-12-22)30(31(39)32-19-24-6-5-15-40-24)37(23-13-14-27-28(18-23)42-17-16-41-27)29(38)20-36-26-8-4-3-7-25(26)33-34-36/h3-4,7-14,18,24,30H,5-6,15-17,19-20H2,1-2H3,(H,32,39)/t24-,30-/m0/s1. The predicted molar refractivity (Wildman–Crippen MR) is 158 cm³/mol. The summed E-state index contributed by atoms with van der Waals surface area (Å²) in [4.78, 5) is 31.9. The smallest absolute Gasteiger partial charge is 0.249 e. The highest BCUT2D eigenvalue weighted by atomic mass is 16.6. The minimum atomic E-state index is -0.979. The van der Waals surface area contributed by atoms with Crippen molar-refractivity contribution in [2.45, 2.75) is 31.5 Å². The Morgan fingerprint density at radius 3 is 2.50 bits per heavy atom. The molecule has 6 rings (SSSR count). The van der Waals surface area contributed by atoms with Gasteiger partial charge in [0, 0.05) is 44.7 Å². The monoisotopic (exact) mass is 570 g/mol. The molecular formula is C31H34N6O5. The van der Waals surface area contributed by atoms with Gasteiger partial charge in [0.1, 0.15) is 31.3 Å². The van der Waals surface area contributed by atoms with Crippen LogP contribution in [0.4, 0.5) is 11.4 Å². The van der Waals surface area contributed by atoms with E-state index in [2.05, 4.69) is 15.6 Å². The summed E-state index contributed by atoms with van der Waals surface area (Å²) in [5.41, 5.74) is 3.55. The molecule has 3 aromatic carbocycles. The minimum Gasteiger partial charge on any atom is -0.486 e. The Labute approximate surface area is 243 Å². The fourth-order valence-electron chi connectivity index (χ4n) is 5.35. The lowest BCUT2D eigenvalue weighted by molar-refractivity contribution is -0.127. The van der Waals surface area contributed by atoms with Crippen molar-refractivity contribution in [1.82, 2.24) is 20.3 Å². The molecule has 4 aromatic rings. The third kappa shape index (κ3) is 5.73. The summed E-state index contributed by atoms with van der Waals surface area (Å²) in [6, 6.07) is 19.4. The lowest BCUT2D eigenvalue weighted by atomic mass is 10.0. The van der Waals surface area contributed by atoms with E-state index in [0.717, 1.165) is 24.0 Å². The first kappa shape index (κ1) is 27.5. The molecule has 2 atom stereocenters. The molecule has 2 amide bonds. The van der Waals surface area contributed by atoms with E-state index in [4.69, 9.17) is 14.2 Å². The van der Waals surface area contributed by atoms with Crippen molar-refractivity contribution in [3.05, 3.63) is 72.3 Å². The van der Waals surface area contributed by atoms with Crippen LogP contribution in [0.1, 0.15) is 24.4 Å². The summed E-state index contributed by atoms with van der Waals surface area (Å²) in [6.45, 7) is 1.76. The summed E-state index contributed by atoms with van der Waals surface area (Å²) in [5, 5.41) is 11.5. The zero-order chi connectivity index (χ0) is 29.1. The van der Waals surface area contributed by atoms with E-state index in [1.54, 1.807) is 22.9 Å². The number of hydrogen-bond acceptors (Lipinski definition) is 8. The zero-order valence-corrected chi connectivity index (χ0v) is 23.7. The Hall–Kier alpha value is -4.64. The molecule has 0 bridgehead atoms. The SMILES string of the molecule is CN(C)c1ccc([C@@H](C(=O)NC[C@@H]2CCCO2)N(C(=O)Cn2nnc3ccccc32)c2ccc3c(c2)OCCO3)cc1. The number of anilines is 2. The van der Waals surface area contributed by atoms with Gasteiger partial charge in [0.05, 0.1) is 11.6 Å². The molecule has 11 nitrogen and oxygen atoms in total. The highest BCUT2D eigenvalue weighted by Crippen LogP contribution is 2.37. The fourth-order valence-corrected chi connectivity index (χ4v) is 5.35. The Bertz CT molecular complexity index is 1560. The molecule has 1 saturated heterocycles. The Morgan fingerprint density at radius 2 is 1.74 bits per heavy atom. The molecule has 0 unspecified atom stereocenters. The summed E-state index contributed by atoms with van der Waals surface area (Å²) in [6.07, 6.45) is 1.79. The maximum Gasteiger partial charge on any atom is 0.249 e. The molecule has 3 heterocycles. The minimum absolute atomic E-state index is 0.0503. The van der Waals surface area contributed by atoms with Gasteiger partial charge >= 0.3 is 0 Å². The summed E-state index contributed by atoms with van der Waals surface area (Å²) < 4.78 is 18.9. The van der Waals surface area contributed by atoms with E-state index in [1.165, 1.54) is 4.90 Å². The number of benzene rings is 3. The first-order chi connectivity index (χ1) is 20.5. The maximum absolute atomic E-state index is 14.3. The number of rotatable bonds is 9. The molecule has 1 aromatic heterocycles. The van der Waals surface area contributed by atoms with Crippen molar-refractivity contribution >= 4 is 34.2 Å². The molecule has 0 aliphatic carbocycles. The summed E-state index contributed by atoms with van der Waals surface area (Å²) >= 11 is 0. The number of carbonyl (C=O) groups is 2. The van der Waals surface area contributed by atoms with Gasteiger partial charge < -0.3 is 24.4 Å². The van der Waals surface area contributed by atoms with E-state index in [0.29, 0.717) is 54.6 Å². The van der Waals surface area contributed by atoms with Crippen LogP contribution in [0.25, 0.3) is 11.0 Å². The maximum atomic E-state index is 14.3.